The molecule has 15 heavy (non-hydrogen) atoms. The van der Waals surface area contributed by atoms with E-state index in [1.54, 1.807) is 6.20 Å². The van der Waals surface area contributed by atoms with Gasteiger partial charge in [-0.2, -0.15) is 0 Å². The molecule has 2 unspecified atom stereocenters. The second-order valence-corrected chi connectivity index (χ2v) is 5.07. The molecule has 1 aliphatic heterocycles. The van der Waals surface area contributed by atoms with Crippen LogP contribution in [0.25, 0.3) is 0 Å². The zero-order chi connectivity index (χ0) is 10.4. The molecule has 2 N–H and O–H groups in total. The van der Waals surface area contributed by atoms with E-state index in [0.717, 1.165) is 12.4 Å². The van der Waals surface area contributed by atoms with E-state index in [9.17, 15) is 4.21 Å². The van der Waals surface area contributed by atoms with Gasteiger partial charge in [-0.15, -0.1) is 0 Å². The largest absolute Gasteiger partial charge is 0.368 e. The molecule has 0 radical (unpaired) electrons. The lowest BCUT2D eigenvalue weighted by Crippen LogP contribution is -2.22. The first-order chi connectivity index (χ1) is 7.25. The van der Waals surface area contributed by atoms with E-state index in [4.69, 9.17) is 9.88 Å². The Morgan fingerprint density at radius 1 is 1.60 bits per heavy atom. The Balaban J connectivity index is 1.98. The molecule has 1 fully saturated rings. The zero-order valence-electron chi connectivity index (χ0n) is 8.26. The average molecular weight is 227 g/mol. The van der Waals surface area contributed by atoms with Gasteiger partial charge in [0.15, 0.2) is 5.03 Å². The van der Waals surface area contributed by atoms with Gasteiger partial charge in [-0.1, -0.05) is 0 Å². The minimum Gasteiger partial charge on any atom is -0.368 e. The first kappa shape index (κ1) is 9.50. The summed E-state index contributed by atoms with van der Waals surface area (Å²) in [6.07, 6.45) is 4.29. The van der Waals surface area contributed by atoms with Gasteiger partial charge < -0.3 is 9.30 Å². The van der Waals surface area contributed by atoms with Gasteiger partial charge in [0, 0.05) is 12.7 Å². The minimum absolute atomic E-state index is 0.0936. The van der Waals surface area contributed by atoms with Gasteiger partial charge in [-0.3, -0.25) is 0 Å². The molecule has 6 heteroatoms. The number of nitrogens with two attached hydrogens (primary N) is 1. The zero-order valence-corrected chi connectivity index (χ0v) is 9.07. The SMILES string of the molecule is NS(=O)c1cn2c(n1)C(C1CC1)OCC2. The van der Waals surface area contributed by atoms with Gasteiger partial charge >= 0.3 is 0 Å². The Morgan fingerprint density at radius 2 is 2.40 bits per heavy atom. The van der Waals surface area contributed by atoms with Crippen LogP contribution in [-0.2, 0) is 22.3 Å². The fraction of sp³-hybridized carbons (Fsp3) is 0.667. The summed E-state index contributed by atoms with van der Waals surface area (Å²) >= 11 is 0. The molecule has 2 heterocycles. The number of nitrogens with zero attached hydrogens (tertiary/aromatic N) is 2. The highest BCUT2D eigenvalue weighted by Crippen LogP contribution is 2.44. The van der Waals surface area contributed by atoms with Crippen molar-refractivity contribution in [3.05, 3.63) is 12.0 Å². The van der Waals surface area contributed by atoms with Crippen LogP contribution in [0, 0.1) is 5.92 Å². The molecule has 0 amide bonds. The number of ether oxygens (including phenoxy) is 1. The average Bonchev–Trinajstić information content (AvgIpc) is 2.95. The normalized spacial score (nSPS) is 27.4. The molecule has 2 atom stereocenters. The maximum atomic E-state index is 11.1. The van der Waals surface area contributed by atoms with E-state index in [-0.39, 0.29) is 6.10 Å². The molecular weight excluding hydrogens is 214 g/mol. The summed E-state index contributed by atoms with van der Waals surface area (Å²) in [4.78, 5) is 4.31. The van der Waals surface area contributed by atoms with Crippen molar-refractivity contribution in [2.24, 2.45) is 11.1 Å². The Kier molecular flexibility index (Phi) is 2.15. The lowest BCUT2D eigenvalue weighted by Gasteiger charge is -2.23. The summed E-state index contributed by atoms with van der Waals surface area (Å²) in [5.74, 6) is 1.50. The summed E-state index contributed by atoms with van der Waals surface area (Å²) < 4.78 is 18.8. The first-order valence-corrected chi connectivity index (χ1v) is 6.32. The van der Waals surface area contributed by atoms with Crippen LogP contribution in [-0.4, -0.2) is 20.4 Å². The molecule has 3 rings (SSSR count). The molecule has 1 saturated carbocycles. The molecule has 1 aliphatic carbocycles. The van der Waals surface area contributed by atoms with Crippen molar-refractivity contribution in [2.45, 2.75) is 30.5 Å². The number of hydrogen-bond acceptors (Lipinski definition) is 3. The smallest absolute Gasteiger partial charge is 0.160 e. The van der Waals surface area contributed by atoms with E-state index in [2.05, 4.69) is 4.98 Å². The summed E-state index contributed by atoms with van der Waals surface area (Å²) in [7, 11) is -1.49. The van der Waals surface area contributed by atoms with E-state index in [0.29, 0.717) is 17.6 Å². The van der Waals surface area contributed by atoms with Gasteiger partial charge in [0.2, 0.25) is 0 Å². The predicted octanol–water partition coefficient (Wildman–Crippen LogP) is 0.346. The second kappa shape index (κ2) is 3.40. The quantitative estimate of drug-likeness (QED) is 0.792. The van der Waals surface area contributed by atoms with Gasteiger partial charge in [0.05, 0.1) is 6.61 Å². The third kappa shape index (κ3) is 1.62. The number of imidazole rings is 1. The second-order valence-electron chi connectivity index (χ2n) is 4.06. The highest BCUT2D eigenvalue weighted by Gasteiger charge is 2.38. The van der Waals surface area contributed by atoms with Crippen molar-refractivity contribution in [1.29, 1.82) is 0 Å². The lowest BCUT2D eigenvalue weighted by atomic mass is 10.2. The van der Waals surface area contributed by atoms with Gasteiger partial charge in [0.25, 0.3) is 0 Å². The minimum atomic E-state index is -1.49. The fourth-order valence-corrected chi connectivity index (χ4v) is 2.42. The number of fused-ring (bicyclic) bond motifs is 1. The molecule has 0 saturated heterocycles. The van der Waals surface area contributed by atoms with Crippen LogP contribution in [0.5, 0.6) is 0 Å². The lowest BCUT2D eigenvalue weighted by molar-refractivity contribution is 0.00283. The molecule has 0 aromatic carbocycles. The summed E-state index contributed by atoms with van der Waals surface area (Å²) in [5, 5.41) is 5.78. The summed E-state index contributed by atoms with van der Waals surface area (Å²) in [6, 6.07) is 0. The van der Waals surface area contributed by atoms with Crippen LogP contribution in [0.1, 0.15) is 24.8 Å². The monoisotopic (exact) mass is 227 g/mol. The van der Waals surface area contributed by atoms with E-state index in [1.165, 1.54) is 12.8 Å². The standard InChI is InChI=1S/C9H13N3O2S/c10-15(13)7-5-12-3-4-14-8(6-1-2-6)9(12)11-7/h5-6,8H,1-4,10H2. The molecule has 0 bridgehead atoms. The topological polar surface area (TPSA) is 70.1 Å². The van der Waals surface area contributed by atoms with E-state index < -0.39 is 11.0 Å². The van der Waals surface area contributed by atoms with Crippen LogP contribution < -0.4 is 5.14 Å². The van der Waals surface area contributed by atoms with Crippen LogP contribution in [0.2, 0.25) is 0 Å². The maximum absolute atomic E-state index is 11.1. The van der Waals surface area contributed by atoms with Gasteiger partial charge in [0.1, 0.15) is 22.9 Å². The summed E-state index contributed by atoms with van der Waals surface area (Å²) in [6.45, 7) is 1.49. The van der Waals surface area contributed by atoms with Crippen molar-refractivity contribution in [3.8, 4) is 0 Å². The number of hydrogen-bond donors (Lipinski definition) is 1. The molecular formula is C9H13N3O2S. The molecule has 1 aromatic heterocycles. The molecule has 5 nitrogen and oxygen atoms in total. The Labute approximate surface area is 90.2 Å². The van der Waals surface area contributed by atoms with Crippen LogP contribution in [0.15, 0.2) is 11.2 Å². The third-order valence-electron chi connectivity index (χ3n) is 2.93. The van der Waals surface area contributed by atoms with Crippen molar-refractivity contribution >= 4 is 11.0 Å². The summed E-state index contributed by atoms with van der Waals surface area (Å²) in [5.41, 5.74) is 0. The number of rotatable bonds is 2. The van der Waals surface area contributed by atoms with Crippen LogP contribution >= 0.6 is 0 Å². The van der Waals surface area contributed by atoms with Crippen molar-refractivity contribution in [3.63, 3.8) is 0 Å². The predicted molar refractivity (Wildman–Crippen MR) is 54.2 cm³/mol. The number of aromatic nitrogens is 2. The van der Waals surface area contributed by atoms with Crippen molar-refractivity contribution in [1.82, 2.24) is 9.55 Å². The van der Waals surface area contributed by atoms with Crippen LogP contribution in [0.4, 0.5) is 0 Å². The Bertz CT molecular complexity index is 413. The van der Waals surface area contributed by atoms with Crippen molar-refractivity contribution in [2.75, 3.05) is 6.61 Å². The molecule has 0 spiro atoms. The van der Waals surface area contributed by atoms with Gasteiger partial charge in [-0.25, -0.2) is 14.3 Å². The Morgan fingerprint density at radius 3 is 3.07 bits per heavy atom. The Hall–Kier alpha value is -0.720. The third-order valence-corrected chi connectivity index (χ3v) is 3.53. The first-order valence-electron chi connectivity index (χ1n) is 5.10. The maximum Gasteiger partial charge on any atom is 0.160 e. The molecule has 2 aliphatic rings. The molecule has 1 aromatic rings. The highest BCUT2D eigenvalue weighted by atomic mass is 32.2. The van der Waals surface area contributed by atoms with E-state index >= 15 is 0 Å². The molecule has 82 valence electrons. The van der Waals surface area contributed by atoms with Gasteiger partial charge in [-0.05, 0) is 18.8 Å². The van der Waals surface area contributed by atoms with Crippen molar-refractivity contribution < 1.29 is 8.95 Å². The van der Waals surface area contributed by atoms with E-state index in [1.807, 2.05) is 4.57 Å². The highest BCUT2D eigenvalue weighted by molar-refractivity contribution is 7.82. The van der Waals surface area contributed by atoms with Crippen LogP contribution in [0.3, 0.4) is 0 Å². The fourth-order valence-electron chi connectivity index (χ4n) is 2.01.